The summed E-state index contributed by atoms with van der Waals surface area (Å²) in [4.78, 5) is 28.9. The molecule has 17 heavy (non-hydrogen) atoms. The molecule has 1 heterocycles. The van der Waals surface area contributed by atoms with Gasteiger partial charge in [-0.05, 0) is 17.7 Å². The molecule has 0 bridgehead atoms. The predicted octanol–water partition coefficient (Wildman–Crippen LogP) is -0.460. The number of carbonyl (C=O) groups is 2. The van der Waals surface area contributed by atoms with Crippen LogP contribution in [0.2, 0.25) is 0 Å². The molecule has 1 aliphatic rings. The zero-order valence-electron chi connectivity index (χ0n) is 9.18. The lowest BCUT2D eigenvalue weighted by Gasteiger charge is -2.26. The highest BCUT2D eigenvalue weighted by atomic mass is 16.6. The van der Waals surface area contributed by atoms with Gasteiger partial charge in [0.1, 0.15) is 0 Å². The van der Waals surface area contributed by atoms with Gasteiger partial charge in [-0.1, -0.05) is 12.1 Å². The molecule has 2 rings (SSSR count). The molecule has 6 heteroatoms. The molecule has 6 nitrogen and oxygen atoms in total. The van der Waals surface area contributed by atoms with Crippen molar-refractivity contribution in [3.8, 4) is 0 Å². The summed E-state index contributed by atoms with van der Waals surface area (Å²) in [5, 5.41) is 2.50. The predicted molar refractivity (Wildman–Crippen MR) is 60.8 cm³/mol. The van der Waals surface area contributed by atoms with Crippen molar-refractivity contribution in [3.05, 3.63) is 29.8 Å². The van der Waals surface area contributed by atoms with E-state index >= 15 is 0 Å². The first kappa shape index (κ1) is 11.6. The fourth-order valence-electron chi connectivity index (χ4n) is 1.74. The molecule has 90 valence electrons. The van der Waals surface area contributed by atoms with Crippen LogP contribution < -0.4 is 16.1 Å². The van der Waals surface area contributed by atoms with Crippen molar-refractivity contribution in [2.45, 2.75) is 6.61 Å². The molecule has 0 spiro atoms. The van der Waals surface area contributed by atoms with Gasteiger partial charge in [0.2, 0.25) is 0 Å². The molecule has 1 aromatic carbocycles. The van der Waals surface area contributed by atoms with Crippen LogP contribution in [0, 0.1) is 0 Å². The third kappa shape index (κ3) is 2.43. The molecule has 0 atom stereocenters. The van der Waals surface area contributed by atoms with Crippen LogP contribution in [0.15, 0.2) is 24.3 Å². The first-order valence-electron chi connectivity index (χ1n) is 5.22. The second-order valence-electron chi connectivity index (χ2n) is 3.69. The maximum atomic E-state index is 11.7. The number of rotatable bonds is 3. The van der Waals surface area contributed by atoms with E-state index < -0.39 is 11.8 Å². The van der Waals surface area contributed by atoms with Crippen LogP contribution >= 0.6 is 0 Å². The van der Waals surface area contributed by atoms with Crippen molar-refractivity contribution in [3.63, 3.8) is 0 Å². The fraction of sp³-hybridized carbons (Fsp3) is 0.273. The van der Waals surface area contributed by atoms with Gasteiger partial charge in [0.15, 0.2) is 0 Å². The van der Waals surface area contributed by atoms with Gasteiger partial charge in [-0.25, -0.2) is 5.90 Å². The lowest BCUT2D eigenvalue weighted by molar-refractivity contribution is -0.138. The number of anilines is 1. The molecule has 0 unspecified atom stereocenters. The Kier molecular flexibility index (Phi) is 3.36. The van der Waals surface area contributed by atoms with Crippen molar-refractivity contribution in [2.75, 3.05) is 18.0 Å². The summed E-state index contributed by atoms with van der Waals surface area (Å²) in [6.07, 6.45) is 0. The number of hydrogen-bond donors (Lipinski definition) is 2. The Bertz CT molecular complexity index is 447. The van der Waals surface area contributed by atoms with Gasteiger partial charge in [0.05, 0.1) is 6.61 Å². The summed E-state index contributed by atoms with van der Waals surface area (Å²) in [6, 6.07) is 7.19. The SMILES string of the molecule is NOCc1cccc(N2CCNC(=O)C2=O)c1. The molecule has 0 radical (unpaired) electrons. The Hall–Kier alpha value is -1.92. The number of hydrogen-bond acceptors (Lipinski definition) is 4. The summed E-state index contributed by atoms with van der Waals surface area (Å²) < 4.78 is 0. The van der Waals surface area contributed by atoms with Crippen LogP contribution in [0.4, 0.5) is 5.69 Å². The topological polar surface area (TPSA) is 84.7 Å². The first-order valence-corrected chi connectivity index (χ1v) is 5.22. The van der Waals surface area contributed by atoms with Gasteiger partial charge >= 0.3 is 11.8 Å². The summed E-state index contributed by atoms with van der Waals surface area (Å²) >= 11 is 0. The molecule has 2 amide bonds. The smallest absolute Gasteiger partial charge is 0.316 e. The molecule has 0 saturated carbocycles. The number of piperazine rings is 1. The van der Waals surface area contributed by atoms with Crippen molar-refractivity contribution >= 4 is 17.5 Å². The van der Waals surface area contributed by atoms with Gasteiger partial charge < -0.3 is 10.2 Å². The molecule has 0 aromatic heterocycles. The summed E-state index contributed by atoms with van der Waals surface area (Å²) in [5.41, 5.74) is 1.53. The van der Waals surface area contributed by atoms with Crippen LogP contribution in [0.3, 0.4) is 0 Å². The Morgan fingerprint density at radius 2 is 2.24 bits per heavy atom. The Morgan fingerprint density at radius 1 is 1.41 bits per heavy atom. The number of benzene rings is 1. The fourth-order valence-corrected chi connectivity index (χ4v) is 1.74. The highest BCUT2D eigenvalue weighted by molar-refractivity contribution is 6.41. The number of nitrogens with zero attached hydrogens (tertiary/aromatic N) is 1. The Labute approximate surface area is 98.3 Å². The second kappa shape index (κ2) is 4.94. The number of nitrogens with two attached hydrogens (primary N) is 1. The zero-order chi connectivity index (χ0) is 12.3. The van der Waals surface area contributed by atoms with Crippen molar-refractivity contribution in [2.24, 2.45) is 5.90 Å². The lowest BCUT2D eigenvalue weighted by Crippen LogP contribution is -2.52. The largest absolute Gasteiger partial charge is 0.346 e. The number of nitrogens with one attached hydrogen (secondary N) is 1. The van der Waals surface area contributed by atoms with Crippen molar-refractivity contribution in [1.82, 2.24) is 5.32 Å². The van der Waals surface area contributed by atoms with Gasteiger partial charge in [-0.15, -0.1) is 0 Å². The highest BCUT2D eigenvalue weighted by Crippen LogP contribution is 2.17. The normalized spacial score (nSPS) is 15.9. The zero-order valence-corrected chi connectivity index (χ0v) is 9.18. The summed E-state index contributed by atoms with van der Waals surface area (Å²) in [6.45, 7) is 1.20. The van der Waals surface area contributed by atoms with Gasteiger partial charge in [-0.2, -0.15) is 0 Å². The molecule has 1 aliphatic heterocycles. The van der Waals surface area contributed by atoms with E-state index in [2.05, 4.69) is 10.2 Å². The van der Waals surface area contributed by atoms with E-state index in [0.717, 1.165) is 5.56 Å². The number of carbonyl (C=O) groups excluding carboxylic acids is 2. The van der Waals surface area contributed by atoms with E-state index in [4.69, 9.17) is 5.90 Å². The number of amides is 2. The minimum absolute atomic E-state index is 0.266. The maximum absolute atomic E-state index is 11.7. The Balaban J connectivity index is 2.23. The summed E-state index contributed by atoms with van der Waals surface area (Å²) in [7, 11) is 0. The van der Waals surface area contributed by atoms with Crippen LogP contribution in [0.25, 0.3) is 0 Å². The third-order valence-electron chi connectivity index (χ3n) is 2.53. The molecule has 3 N–H and O–H groups in total. The first-order chi connectivity index (χ1) is 8.22. The van der Waals surface area contributed by atoms with Crippen LogP contribution in [-0.4, -0.2) is 24.9 Å². The van der Waals surface area contributed by atoms with E-state index in [-0.39, 0.29) is 6.61 Å². The van der Waals surface area contributed by atoms with Gasteiger partial charge in [-0.3, -0.25) is 14.4 Å². The minimum Gasteiger partial charge on any atom is -0.346 e. The van der Waals surface area contributed by atoms with Gasteiger partial charge in [0.25, 0.3) is 0 Å². The monoisotopic (exact) mass is 235 g/mol. The third-order valence-corrected chi connectivity index (χ3v) is 2.53. The van der Waals surface area contributed by atoms with Crippen LogP contribution in [0.5, 0.6) is 0 Å². The Morgan fingerprint density at radius 3 is 3.00 bits per heavy atom. The summed E-state index contributed by atoms with van der Waals surface area (Å²) in [5.74, 6) is 3.88. The van der Waals surface area contributed by atoms with Crippen LogP contribution in [0.1, 0.15) is 5.56 Å². The average Bonchev–Trinajstić information content (AvgIpc) is 2.33. The molecule has 0 aliphatic carbocycles. The van der Waals surface area contributed by atoms with Crippen molar-refractivity contribution in [1.29, 1.82) is 0 Å². The molecule has 1 aromatic rings. The van der Waals surface area contributed by atoms with Crippen LogP contribution in [-0.2, 0) is 21.0 Å². The highest BCUT2D eigenvalue weighted by Gasteiger charge is 2.27. The quantitative estimate of drug-likeness (QED) is 0.548. The lowest BCUT2D eigenvalue weighted by atomic mass is 10.2. The van der Waals surface area contributed by atoms with E-state index in [1.165, 1.54) is 4.90 Å². The molecule has 1 fully saturated rings. The minimum atomic E-state index is -0.572. The molecular weight excluding hydrogens is 222 g/mol. The molecular formula is C11H13N3O3. The standard InChI is InChI=1S/C11H13N3O3/c12-17-7-8-2-1-3-9(6-8)14-5-4-13-10(15)11(14)16/h1-3,6H,4-5,7,12H2,(H,13,15). The molecule has 1 saturated heterocycles. The van der Waals surface area contributed by atoms with Gasteiger partial charge in [0, 0.05) is 18.8 Å². The van der Waals surface area contributed by atoms with Crippen molar-refractivity contribution < 1.29 is 14.4 Å². The van der Waals surface area contributed by atoms with E-state index in [1.54, 1.807) is 18.2 Å². The van der Waals surface area contributed by atoms with E-state index in [9.17, 15) is 9.59 Å². The second-order valence-corrected chi connectivity index (χ2v) is 3.69. The average molecular weight is 235 g/mol. The van der Waals surface area contributed by atoms with E-state index in [0.29, 0.717) is 18.8 Å². The maximum Gasteiger partial charge on any atom is 0.316 e. The van der Waals surface area contributed by atoms with E-state index in [1.807, 2.05) is 6.07 Å².